The Hall–Kier alpha value is -2.29. The molecule has 1 N–H and O–H groups in total. The smallest absolute Gasteiger partial charge is 0.244 e. The van der Waals surface area contributed by atoms with Crippen molar-refractivity contribution in [1.29, 1.82) is 0 Å². The molecule has 0 spiro atoms. The highest BCUT2D eigenvalue weighted by Crippen LogP contribution is 2.28. The van der Waals surface area contributed by atoms with Crippen LogP contribution in [0, 0.1) is 6.92 Å². The molecule has 10 heteroatoms. The van der Waals surface area contributed by atoms with Gasteiger partial charge >= 0.3 is 0 Å². The molecule has 1 aliphatic rings. The fraction of sp³-hybridized carbons (Fsp3) is 0.481. The van der Waals surface area contributed by atoms with Gasteiger partial charge in [0.1, 0.15) is 12.6 Å². The zero-order valence-electron chi connectivity index (χ0n) is 21.5. The summed E-state index contributed by atoms with van der Waals surface area (Å²) < 4.78 is 26.5. The lowest BCUT2D eigenvalue weighted by molar-refractivity contribution is -0.140. The van der Waals surface area contributed by atoms with Gasteiger partial charge in [0.25, 0.3) is 0 Å². The predicted molar refractivity (Wildman–Crippen MR) is 149 cm³/mol. The van der Waals surface area contributed by atoms with Gasteiger partial charge in [-0.05, 0) is 56.0 Å². The third-order valence-corrected chi connectivity index (χ3v) is 8.55. The highest BCUT2D eigenvalue weighted by Gasteiger charge is 2.33. The Morgan fingerprint density at radius 3 is 2.24 bits per heavy atom. The summed E-state index contributed by atoms with van der Waals surface area (Å²) in [5, 5.41) is 3.85. The molecule has 0 bridgehead atoms. The van der Waals surface area contributed by atoms with Crippen LogP contribution in [0.5, 0.6) is 0 Å². The Balaban J connectivity index is 1.96. The van der Waals surface area contributed by atoms with Gasteiger partial charge in [0, 0.05) is 28.2 Å². The summed E-state index contributed by atoms with van der Waals surface area (Å²) >= 11 is 12.8. The second kappa shape index (κ2) is 13.0. The van der Waals surface area contributed by atoms with Gasteiger partial charge in [-0.1, -0.05) is 67.6 Å². The number of carbonyl (C=O) groups is 2. The minimum Gasteiger partial charge on any atom is -0.352 e. The van der Waals surface area contributed by atoms with Crippen molar-refractivity contribution in [1.82, 2.24) is 10.2 Å². The number of amides is 2. The van der Waals surface area contributed by atoms with Gasteiger partial charge in [-0.25, -0.2) is 8.42 Å². The van der Waals surface area contributed by atoms with Crippen molar-refractivity contribution in [3.8, 4) is 0 Å². The Morgan fingerprint density at radius 2 is 1.68 bits per heavy atom. The summed E-state index contributed by atoms with van der Waals surface area (Å²) in [6.07, 6.45) is 6.47. The first-order valence-electron chi connectivity index (χ1n) is 12.6. The molecule has 3 rings (SSSR count). The number of nitrogens with zero attached hydrogens (tertiary/aromatic N) is 2. The van der Waals surface area contributed by atoms with Gasteiger partial charge in [-0.2, -0.15) is 0 Å². The number of aryl methyl sites for hydroxylation is 1. The summed E-state index contributed by atoms with van der Waals surface area (Å²) in [6, 6.07) is 11.2. The number of anilines is 1. The maximum absolute atomic E-state index is 13.8. The molecule has 1 fully saturated rings. The molecule has 0 radical (unpaired) electrons. The predicted octanol–water partition coefficient (Wildman–Crippen LogP) is 5.32. The topological polar surface area (TPSA) is 86.8 Å². The SMILES string of the molecule is CCC(C(=O)NC1CCCCC1)N(Cc1c(Cl)cccc1Cl)C(=O)CN(c1cccc(C)c1)S(C)(=O)=O. The molecular formula is C27H35Cl2N3O4S. The third kappa shape index (κ3) is 7.85. The summed E-state index contributed by atoms with van der Waals surface area (Å²) in [4.78, 5) is 28.7. The van der Waals surface area contributed by atoms with E-state index in [1.807, 2.05) is 19.9 Å². The van der Waals surface area contributed by atoms with E-state index in [0.717, 1.165) is 48.2 Å². The number of hydrogen-bond donors (Lipinski definition) is 1. The summed E-state index contributed by atoms with van der Waals surface area (Å²) in [5.41, 5.74) is 1.74. The number of sulfonamides is 1. The van der Waals surface area contributed by atoms with Gasteiger partial charge in [0.2, 0.25) is 21.8 Å². The van der Waals surface area contributed by atoms with Crippen molar-refractivity contribution in [2.45, 2.75) is 71.0 Å². The van der Waals surface area contributed by atoms with E-state index in [9.17, 15) is 18.0 Å². The van der Waals surface area contributed by atoms with Crippen molar-refractivity contribution < 1.29 is 18.0 Å². The fourth-order valence-corrected chi connectivity index (χ4v) is 6.07. The largest absolute Gasteiger partial charge is 0.352 e. The molecule has 202 valence electrons. The van der Waals surface area contributed by atoms with Crippen LogP contribution in [0.25, 0.3) is 0 Å². The normalized spacial score (nSPS) is 15.2. The molecule has 0 saturated heterocycles. The number of carbonyl (C=O) groups excluding carboxylic acids is 2. The van der Waals surface area contributed by atoms with E-state index >= 15 is 0 Å². The van der Waals surface area contributed by atoms with Crippen molar-refractivity contribution in [3.63, 3.8) is 0 Å². The number of rotatable bonds is 10. The lowest BCUT2D eigenvalue weighted by Crippen LogP contribution is -2.54. The number of nitrogens with one attached hydrogen (secondary N) is 1. The fourth-order valence-electron chi connectivity index (χ4n) is 4.71. The molecule has 2 aromatic carbocycles. The Kier molecular flexibility index (Phi) is 10.3. The Labute approximate surface area is 230 Å². The standard InChI is InChI=1S/C27H35Cl2N3O4S/c1-4-25(27(34)30-20-11-6-5-7-12-20)31(17-22-23(28)14-9-15-24(22)29)26(33)18-32(37(3,35)36)21-13-8-10-19(2)16-21/h8-10,13-16,20,25H,4-7,11-12,17-18H2,1-3H3,(H,30,34). The van der Waals surface area contributed by atoms with Crippen LogP contribution in [-0.4, -0.2) is 50.0 Å². The first-order chi connectivity index (χ1) is 17.5. The number of benzene rings is 2. The lowest BCUT2D eigenvalue weighted by Gasteiger charge is -2.34. The average molecular weight is 569 g/mol. The average Bonchev–Trinajstić information content (AvgIpc) is 2.84. The van der Waals surface area contributed by atoms with E-state index in [4.69, 9.17) is 23.2 Å². The molecule has 0 heterocycles. The van der Waals surface area contributed by atoms with Crippen LogP contribution in [0.2, 0.25) is 10.0 Å². The van der Waals surface area contributed by atoms with E-state index in [2.05, 4.69) is 5.32 Å². The van der Waals surface area contributed by atoms with Crippen LogP contribution in [0.4, 0.5) is 5.69 Å². The quantitative estimate of drug-likeness (QED) is 0.420. The molecule has 1 saturated carbocycles. The highest BCUT2D eigenvalue weighted by molar-refractivity contribution is 7.92. The monoisotopic (exact) mass is 567 g/mol. The van der Waals surface area contributed by atoms with Crippen LogP contribution in [0.3, 0.4) is 0 Å². The molecule has 7 nitrogen and oxygen atoms in total. The molecule has 1 atom stereocenters. The zero-order chi connectivity index (χ0) is 27.2. The van der Waals surface area contributed by atoms with Gasteiger partial charge in [-0.3, -0.25) is 13.9 Å². The van der Waals surface area contributed by atoms with E-state index in [0.29, 0.717) is 27.7 Å². The van der Waals surface area contributed by atoms with Crippen LogP contribution >= 0.6 is 23.2 Å². The number of hydrogen-bond acceptors (Lipinski definition) is 4. The maximum Gasteiger partial charge on any atom is 0.244 e. The van der Waals surface area contributed by atoms with Gasteiger partial charge < -0.3 is 10.2 Å². The second-order valence-corrected chi connectivity index (χ2v) is 12.3. The molecule has 0 aromatic heterocycles. The van der Waals surface area contributed by atoms with E-state index in [1.54, 1.807) is 36.4 Å². The van der Waals surface area contributed by atoms with Crippen molar-refractivity contribution >= 4 is 50.7 Å². The Bertz CT molecular complexity index is 1200. The van der Waals surface area contributed by atoms with Crippen molar-refractivity contribution in [2.24, 2.45) is 0 Å². The van der Waals surface area contributed by atoms with Crippen LogP contribution in [0.15, 0.2) is 42.5 Å². The van der Waals surface area contributed by atoms with Gasteiger partial charge in [0.15, 0.2) is 0 Å². The first-order valence-corrected chi connectivity index (χ1v) is 15.2. The molecule has 37 heavy (non-hydrogen) atoms. The van der Waals surface area contributed by atoms with E-state index < -0.39 is 28.5 Å². The Morgan fingerprint density at radius 1 is 1.05 bits per heavy atom. The van der Waals surface area contributed by atoms with Crippen LogP contribution < -0.4 is 9.62 Å². The molecule has 2 amide bonds. The van der Waals surface area contributed by atoms with Crippen LogP contribution in [0.1, 0.15) is 56.6 Å². The van der Waals surface area contributed by atoms with E-state index in [-0.39, 0.29) is 18.5 Å². The lowest BCUT2D eigenvalue weighted by atomic mass is 9.95. The van der Waals surface area contributed by atoms with E-state index in [1.165, 1.54) is 4.90 Å². The molecular weight excluding hydrogens is 533 g/mol. The highest BCUT2D eigenvalue weighted by atomic mass is 35.5. The van der Waals surface area contributed by atoms with Crippen molar-refractivity contribution in [2.75, 3.05) is 17.1 Å². The minimum atomic E-state index is -3.79. The summed E-state index contributed by atoms with van der Waals surface area (Å²) in [7, 11) is -3.79. The molecule has 2 aromatic rings. The maximum atomic E-state index is 13.8. The summed E-state index contributed by atoms with van der Waals surface area (Å²) in [5.74, 6) is -0.777. The van der Waals surface area contributed by atoms with Gasteiger partial charge in [-0.15, -0.1) is 0 Å². The zero-order valence-corrected chi connectivity index (χ0v) is 23.9. The molecule has 0 aliphatic heterocycles. The van der Waals surface area contributed by atoms with Gasteiger partial charge in [0.05, 0.1) is 11.9 Å². The molecule has 1 unspecified atom stereocenters. The second-order valence-electron chi connectivity index (χ2n) is 9.60. The number of halogens is 2. The van der Waals surface area contributed by atoms with Crippen LogP contribution in [-0.2, 0) is 26.2 Å². The third-order valence-electron chi connectivity index (χ3n) is 6.70. The summed E-state index contributed by atoms with van der Waals surface area (Å²) in [6.45, 7) is 3.19. The van der Waals surface area contributed by atoms with Crippen molar-refractivity contribution in [3.05, 3.63) is 63.6 Å². The molecule has 1 aliphatic carbocycles. The first kappa shape index (κ1) is 29.3. The minimum absolute atomic E-state index is 0.0284.